The number of allylic oxidation sites excluding steroid dienone is 13. The standard InChI is InChI=1S/C47H30N2O/c1-3-11-31(12-4-1)47-48-45-39-22-10-20-37-36(25-26-40(44(37)39)46(45)50-47)32-15-8-19-35(27-32)49(34-17-5-2-6-18-34)41-28-33-16-7-13-29-23-24-30-14-9-21-38(41)43(30)42(29)33/h1-28,42-43H. The second kappa shape index (κ2) is 10.5. The van der Waals surface area contributed by atoms with Gasteiger partial charge in [-0.3, -0.25) is 0 Å². The average molecular weight is 639 g/mol. The molecule has 0 amide bonds. The van der Waals surface area contributed by atoms with Gasteiger partial charge in [-0.05, 0) is 87.3 Å². The van der Waals surface area contributed by atoms with Crippen LogP contribution in [0.1, 0.15) is 0 Å². The van der Waals surface area contributed by atoms with Crippen molar-refractivity contribution in [2.75, 3.05) is 4.90 Å². The van der Waals surface area contributed by atoms with Crippen LogP contribution in [-0.2, 0) is 0 Å². The Hall–Kier alpha value is -6.45. The first-order chi connectivity index (χ1) is 24.8. The van der Waals surface area contributed by atoms with Crippen molar-refractivity contribution in [1.82, 2.24) is 4.98 Å². The number of nitrogens with zero attached hydrogens (tertiary/aromatic N) is 2. The zero-order valence-corrected chi connectivity index (χ0v) is 27.1. The van der Waals surface area contributed by atoms with Gasteiger partial charge in [0.25, 0.3) is 0 Å². The molecule has 0 saturated heterocycles. The number of oxazole rings is 1. The quantitative estimate of drug-likeness (QED) is 0.188. The summed E-state index contributed by atoms with van der Waals surface area (Å²) < 4.78 is 6.45. The Morgan fingerprint density at radius 2 is 1.28 bits per heavy atom. The van der Waals surface area contributed by atoms with Crippen LogP contribution in [0.2, 0.25) is 0 Å². The molecule has 0 N–H and O–H groups in total. The lowest BCUT2D eigenvalue weighted by atomic mass is 9.63. The fraction of sp³-hybridized carbons (Fsp3) is 0.0426. The summed E-state index contributed by atoms with van der Waals surface area (Å²) in [6, 6.07) is 40.9. The van der Waals surface area contributed by atoms with Crippen LogP contribution in [-0.4, -0.2) is 4.98 Å². The summed E-state index contributed by atoms with van der Waals surface area (Å²) in [7, 11) is 0. The lowest BCUT2D eigenvalue weighted by Gasteiger charge is -2.44. The van der Waals surface area contributed by atoms with E-state index in [1.165, 1.54) is 49.9 Å². The molecule has 2 atom stereocenters. The number of fused-ring (bicyclic) bond motifs is 3. The Labute approximate surface area is 290 Å². The van der Waals surface area contributed by atoms with Crippen LogP contribution in [0.15, 0.2) is 202 Å². The first kappa shape index (κ1) is 27.5. The molecule has 234 valence electrons. The molecule has 0 saturated carbocycles. The predicted molar refractivity (Wildman–Crippen MR) is 204 cm³/mol. The Bertz CT molecular complexity index is 2610. The summed E-state index contributed by atoms with van der Waals surface area (Å²) >= 11 is 0. The van der Waals surface area contributed by atoms with Crippen molar-refractivity contribution in [3.63, 3.8) is 0 Å². The van der Waals surface area contributed by atoms with E-state index in [4.69, 9.17) is 9.40 Å². The van der Waals surface area contributed by atoms with E-state index in [9.17, 15) is 0 Å². The van der Waals surface area contributed by atoms with Crippen molar-refractivity contribution in [2.45, 2.75) is 0 Å². The van der Waals surface area contributed by atoms with Crippen molar-refractivity contribution < 1.29 is 4.42 Å². The Kier molecular flexibility index (Phi) is 5.79. The van der Waals surface area contributed by atoms with Gasteiger partial charge in [0.2, 0.25) is 5.89 Å². The highest BCUT2D eigenvalue weighted by Gasteiger charge is 2.41. The fourth-order valence-electron chi connectivity index (χ4n) is 8.66. The molecule has 1 heterocycles. The summed E-state index contributed by atoms with van der Waals surface area (Å²) in [5.74, 6) is 2.16. The molecule has 6 aromatic rings. The van der Waals surface area contributed by atoms with Crippen molar-refractivity contribution in [2.24, 2.45) is 11.8 Å². The van der Waals surface area contributed by atoms with Gasteiger partial charge in [-0.25, -0.2) is 4.98 Å². The van der Waals surface area contributed by atoms with E-state index in [1.54, 1.807) is 0 Å². The van der Waals surface area contributed by atoms with Crippen molar-refractivity contribution in [1.29, 1.82) is 0 Å². The van der Waals surface area contributed by atoms with Gasteiger partial charge in [-0.15, -0.1) is 0 Å². The number of hydrogen-bond donors (Lipinski definition) is 0. The third-order valence-electron chi connectivity index (χ3n) is 10.8. The molecule has 1 aromatic heterocycles. The molecule has 0 radical (unpaired) electrons. The molecule has 0 aliphatic heterocycles. The number of aromatic nitrogens is 1. The van der Waals surface area contributed by atoms with E-state index in [0.717, 1.165) is 39.5 Å². The van der Waals surface area contributed by atoms with E-state index < -0.39 is 0 Å². The summed E-state index contributed by atoms with van der Waals surface area (Å²) in [6.07, 6.45) is 20.6. The average Bonchev–Trinajstić information content (AvgIpc) is 3.75. The monoisotopic (exact) mass is 638 g/mol. The molecule has 0 fully saturated rings. The summed E-state index contributed by atoms with van der Waals surface area (Å²) in [5, 5.41) is 2.40. The number of anilines is 2. The predicted octanol–water partition coefficient (Wildman–Crippen LogP) is 11.9. The third kappa shape index (κ3) is 3.95. The van der Waals surface area contributed by atoms with Crippen LogP contribution in [0.4, 0.5) is 11.4 Å². The first-order valence-corrected chi connectivity index (χ1v) is 17.3. The molecule has 5 aliphatic carbocycles. The molecule has 2 unspecified atom stereocenters. The Balaban J connectivity index is 1.06. The van der Waals surface area contributed by atoms with Crippen LogP contribution >= 0.6 is 0 Å². The van der Waals surface area contributed by atoms with Gasteiger partial charge in [0.05, 0.1) is 5.70 Å². The SMILES string of the molecule is C1=CC2=CC=C3C=CC=C4C(N(c5ccccc5)c5cccc(-c6ccc7c8c(cccc68)-c6nc(-c8ccccc8)oc6-7)c5)=CC(=C1)C2C34. The Morgan fingerprint density at radius 3 is 2.14 bits per heavy atom. The highest BCUT2D eigenvalue weighted by atomic mass is 16.4. The molecular weight excluding hydrogens is 609 g/mol. The molecule has 0 spiro atoms. The summed E-state index contributed by atoms with van der Waals surface area (Å²) in [5.41, 5.74) is 15.5. The third-order valence-corrected chi connectivity index (χ3v) is 10.8. The number of rotatable bonds is 5. The van der Waals surface area contributed by atoms with Gasteiger partial charge >= 0.3 is 0 Å². The van der Waals surface area contributed by atoms with Gasteiger partial charge in [0, 0.05) is 45.3 Å². The zero-order chi connectivity index (χ0) is 32.8. The van der Waals surface area contributed by atoms with E-state index in [0.29, 0.717) is 17.7 Å². The van der Waals surface area contributed by atoms with E-state index >= 15 is 0 Å². The van der Waals surface area contributed by atoms with Crippen LogP contribution in [0.25, 0.3) is 55.9 Å². The van der Waals surface area contributed by atoms with Gasteiger partial charge in [-0.2, -0.15) is 0 Å². The van der Waals surface area contributed by atoms with Crippen LogP contribution in [0, 0.1) is 11.8 Å². The summed E-state index contributed by atoms with van der Waals surface area (Å²) in [6.45, 7) is 0. The van der Waals surface area contributed by atoms with Crippen molar-refractivity contribution in [3.8, 4) is 45.2 Å². The minimum absolute atomic E-state index is 0.295. The normalized spacial score (nSPS) is 18.8. The van der Waals surface area contributed by atoms with Gasteiger partial charge in [0.1, 0.15) is 5.69 Å². The first-order valence-electron chi connectivity index (χ1n) is 17.3. The number of para-hydroxylation sites is 1. The van der Waals surface area contributed by atoms with Crippen LogP contribution in [0.3, 0.4) is 0 Å². The molecule has 3 heteroatoms. The smallest absolute Gasteiger partial charge is 0.227 e. The van der Waals surface area contributed by atoms with Gasteiger partial charge in [-0.1, -0.05) is 121 Å². The van der Waals surface area contributed by atoms with Crippen LogP contribution in [0.5, 0.6) is 0 Å². The van der Waals surface area contributed by atoms with E-state index in [1.807, 2.05) is 30.3 Å². The maximum Gasteiger partial charge on any atom is 0.227 e. The molecule has 50 heavy (non-hydrogen) atoms. The number of benzene rings is 5. The highest BCUT2D eigenvalue weighted by Crippen LogP contribution is 2.54. The molecule has 0 bridgehead atoms. The molecule has 11 rings (SSSR count). The maximum atomic E-state index is 6.45. The topological polar surface area (TPSA) is 29.3 Å². The summed E-state index contributed by atoms with van der Waals surface area (Å²) in [4.78, 5) is 7.44. The lowest BCUT2D eigenvalue weighted by molar-refractivity contribution is 0.553. The second-order valence-corrected chi connectivity index (χ2v) is 13.5. The minimum Gasteiger partial charge on any atom is -0.435 e. The van der Waals surface area contributed by atoms with E-state index in [-0.39, 0.29) is 0 Å². The van der Waals surface area contributed by atoms with Crippen molar-refractivity contribution in [3.05, 3.63) is 198 Å². The van der Waals surface area contributed by atoms with Crippen LogP contribution < -0.4 is 4.90 Å². The number of hydrogen-bond acceptors (Lipinski definition) is 3. The Morgan fingerprint density at radius 1 is 0.560 bits per heavy atom. The zero-order valence-electron chi connectivity index (χ0n) is 27.1. The lowest BCUT2D eigenvalue weighted by Crippen LogP contribution is -2.34. The second-order valence-electron chi connectivity index (χ2n) is 13.5. The van der Waals surface area contributed by atoms with Gasteiger partial charge < -0.3 is 9.32 Å². The van der Waals surface area contributed by atoms with Crippen molar-refractivity contribution >= 4 is 22.1 Å². The minimum atomic E-state index is 0.295. The largest absolute Gasteiger partial charge is 0.435 e. The van der Waals surface area contributed by atoms with E-state index in [2.05, 4.69) is 145 Å². The molecule has 5 aliphatic rings. The fourth-order valence-corrected chi connectivity index (χ4v) is 8.66. The highest BCUT2D eigenvalue weighted by molar-refractivity contribution is 6.17. The molecule has 3 nitrogen and oxygen atoms in total. The van der Waals surface area contributed by atoms with Gasteiger partial charge in [0.15, 0.2) is 5.76 Å². The molecular formula is C47H30N2O. The molecule has 5 aromatic carbocycles. The maximum absolute atomic E-state index is 6.45.